The van der Waals surface area contributed by atoms with Crippen molar-refractivity contribution >= 4 is 11.3 Å². The van der Waals surface area contributed by atoms with Crippen LogP contribution in [0.15, 0.2) is 5.51 Å². The number of hydrogen-bond acceptors (Lipinski definition) is 3. The summed E-state index contributed by atoms with van der Waals surface area (Å²) in [6, 6.07) is 0. The van der Waals surface area contributed by atoms with Crippen LogP contribution in [0.25, 0.3) is 0 Å². The summed E-state index contributed by atoms with van der Waals surface area (Å²) in [5.41, 5.74) is 1.80. The molecule has 0 N–H and O–H groups in total. The summed E-state index contributed by atoms with van der Waals surface area (Å²) >= 11 is 1.64. The molecule has 0 aliphatic carbocycles. The smallest absolute Gasteiger partial charge is 0.105 e. The Labute approximate surface area is 59.1 Å². The number of aromatic nitrogens is 1. The van der Waals surface area contributed by atoms with Gasteiger partial charge in [0.15, 0.2) is 0 Å². The van der Waals surface area contributed by atoms with E-state index in [2.05, 4.69) is 16.1 Å². The standard InChI is InChI=1S/C6H9N2S/c1-8(2)4-6-3-7-5-9-6/h5H,4H2,1-2H3. The molecule has 1 aromatic heterocycles. The molecule has 2 nitrogen and oxygen atoms in total. The van der Waals surface area contributed by atoms with Gasteiger partial charge in [0, 0.05) is 11.4 Å². The molecule has 1 rings (SSSR count). The van der Waals surface area contributed by atoms with Crippen LogP contribution in [0.1, 0.15) is 4.88 Å². The van der Waals surface area contributed by atoms with E-state index in [4.69, 9.17) is 0 Å². The second-order valence-electron chi connectivity index (χ2n) is 2.13. The highest BCUT2D eigenvalue weighted by Crippen LogP contribution is 2.05. The van der Waals surface area contributed by atoms with Crippen LogP contribution in [-0.2, 0) is 6.54 Å². The highest BCUT2D eigenvalue weighted by molar-refractivity contribution is 7.09. The molecule has 1 heterocycles. The fraction of sp³-hybridized carbons (Fsp3) is 0.500. The maximum absolute atomic E-state index is 3.84. The normalized spacial score (nSPS) is 10.6. The molecule has 3 heteroatoms. The van der Waals surface area contributed by atoms with Crippen LogP contribution in [-0.4, -0.2) is 24.0 Å². The SMILES string of the molecule is CN(C)Cc1[c]ncs1. The van der Waals surface area contributed by atoms with E-state index in [0.717, 1.165) is 6.54 Å². The summed E-state index contributed by atoms with van der Waals surface area (Å²) in [7, 11) is 4.07. The highest BCUT2D eigenvalue weighted by atomic mass is 32.1. The van der Waals surface area contributed by atoms with Crippen LogP contribution in [0, 0.1) is 6.20 Å². The van der Waals surface area contributed by atoms with Gasteiger partial charge in [0.2, 0.25) is 0 Å². The molecule has 0 fully saturated rings. The number of thiazole rings is 1. The predicted molar refractivity (Wildman–Crippen MR) is 38.3 cm³/mol. The Kier molecular flexibility index (Phi) is 2.19. The second-order valence-corrected chi connectivity index (χ2v) is 3.06. The molecular weight excluding hydrogens is 132 g/mol. The Balaban J connectivity index is 2.48. The van der Waals surface area contributed by atoms with Crippen molar-refractivity contribution < 1.29 is 0 Å². The van der Waals surface area contributed by atoms with E-state index in [-0.39, 0.29) is 0 Å². The minimum absolute atomic E-state index is 0.949. The lowest BCUT2D eigenvalue weighted by atomic mass is 10.5. The first kappa shape index (κ1) is 6.71. The van der Waals surface area contributed by atoms with Gasteiger partial charge in [-0.05, 0) is 14.1 Å². The van der Waals surface area contributed by atoms with Crippen molar-refractivity contribution in [3.8, 4) is 0 Å². The number of nitrogens with zero attached hydrogens (tertiary/aromatic N) is 2. The number of rotatable bonds is 2. The Morgan fingerprint density at radius 2 is 2.56 bits per heavy atom. The van der Waals surface area contributed by atoms with E-state index in [9.17, 15) is 0 Å². The van der Waals surface area contributed by atoms with Gasteiger partial charge in [0.25, 0.3) is 0 Å². The van der Waals surface area contributed by atoms with Crippen molar-refractivity contribution in [2.45, 2.75) is 6.54 Å². The van der Waals surface area contributed by atoms with Crippen LogP contribution in [0.2, 0.25) is 0 Å². The largest absolute Gasteiger partial charge is 0.304 e. The van der Waals surface area contributed by atoms with E-state index < -0.39 is 0 Å². The maximum Gasteiger partial charge on any atom is 0.105 e. The minimum atomic E-state index is 0.949. The Hall–Kier alpha value is -0.410. The summed E-state index contributed by atoms with van der Waals surface area (Å²) in [6.07, 6.45) is 2.90. The Morgan fingerprint density at radius 1 is 1.78 bits per heavy atom. The molecule has 49 valence electrons. The zero-order valence-corrected chi connectivity index (χ0v) is 6.40. The summed E-state index contributed by atoms with van der Waals surface area (Å²) in [4.78, 5) is 7.14. The summed E-state index contributed by atoms with van der Waals surface area (Å²) in [5, 5.41) is 0. The van der Waals surface area contributed by atoms with Crippen molar-refractivity contribution in [1.82, 2.24) is 9.88 Å². The van der Waals surface area contributed by atoms with Gasteiger partial charge in [-0.1, -0.05) is 0 Å². The molecule has 0 aromatic carbocycles. The third-order valence-electron chi connectivity index (χ3n) is 0.897. The van der Waals surface area contributed by atoms with E-state index >= 15 is 0 Å². The third-order valence-corrected chi connectivity index (χ3v) is 1.61. The van der Waals surface area contributed by atoms with Crippen molar-refractivity contribution in [3.63, 3.8) is 0 Å². The lowest BCUT2D eigenvalue weighted by Gasteiger charge is -2.04. The molecule has 0 saturated carbocycles. The van der Waals surface area contributed by atoms with Gasteiger partial charge in [-0.2, -0.15) is 0 Å². The zero-order chi connectivity index (χ0) is 6.69. The van der Waals surface area contributed by atoms with Gasteiger partial charge < -0.3 is 4.90 Å². The number of hydrogen-bond donors (Lipinski definition) is 0. The first-order valence-electron chi connectivity index (χ1n) is 2.74. The van der Waals surface area contributed by atoms with Crippen molar-refractivity contribution in [2.24, 2.45) is 0 Å². The molecule has 0 unspecified atom stereocenters. The fourth-order valence-corrected chi connectivity index (χ4v) is 1.25. The molecule has 0 amide bonds. The van der Waals surface area contributed by atoms with Gasteiger partial charge in [-0.25, -0.2) is 4.98 Å². The van der Waals surface area contributed by atoms with E-state index in [1.54, 1.807) is 16.8 Å². The quantitative estimate of drug-likeness (QED) is 0.611. The third kappa shape index (κ3) is 2.11. The summed E-state index contributed by atoms with van der Waals surface area (Å²) in [5.74, 6) is 0. The first-order chi connectivity index (χ1) is 4.29. The monoisotopic (exact) mass is 141 g/mol. The molecule has 0 saturated heterocycles. The van der Waals surface area contributed by atoms with E-state index in [1.165, 1.54) is 4.88 Å². The molecule has 0 atom stereocenters. The molecule has 1 radical (unpaired) electrons. The van der Waals surface area contributed by atoms with Crippen molar-refractivity contribution in [1.29, 1.82) is 0 Å². The second kappa shape index (κ2) is 2.94. The van der Waals surface area contributed by atoms with Gasteiger partial charge in [-0.3, -0.25) is 0 Å². The molecule has 0 aliphatic heterocycles. The fourth-order valence-electron chi connectivity index (χ4n) is 0.575. The molecule has 1 aromatic rings. The Morgan fingerprint density at radius 3 is 3.00 bits per heavy atom. The van der Waals surface area contributed by atoms with Crippen LogP contribution in [0.4, 0.5) is 0 Å². The maximum atomic E-state index is 3.84. The summed E-state index contributed by atoms with van der Waals surface area (Å²) < 4.78 is 0. The van der Waals surface area contributed by atoms with Gasteiger partial charge in [0.1, 0.15) is 6.20 Å². The van der Waals surface area contributed by atoms with Crippen LogP contribution >= 0.6 is 11.3 Å². The van der Waals surface area contributed by atoms with Gasteiger partial charge >= 0.3 is 0 Å². The highest BCUT2D eigenvalue weighted by Gasteiger charge is 1.94. The van der Waals surface area contributed by atoms with Crippen LogP contribution in [0.3, 0.4) is 0 Å². The van der Waals surface area contributed by atoms with Crippen molar-refractivity contribution in [3.05, 3.63) is 16.6 Å². The average Bonchev–Trinajstić information content (AvgIpc) is 2.15. The minimum Gasteiger partial charge on any atom is -0.304 e. The molecule has 0 aliphatic rings. The summed E-state index contributed by atoms with van der Waals surface area (Å²) in [6.45, 7) is 0.949. The van der Waals surface area contributed by atoms with Crippen LogP contribution in [0.5, 0.6) is 0 Å². The van der Waals surface area contributed by atoms with Gasteiger partial charge in [-0.15, -0.1) is 11.3 Å². The zero-order valence-electron chi connectivity index (χ0n) is 5.59. The molecule has 0 spiro atoms. The lowest BCUT2D eigenvalue weighted by molar-refractivity contribution is 0.406. The van der Waals surface area contributed by atoms with E-state index in [1.807, 2.05) is 14.1 Å². The molecule has 0 bridgehead atoms. The topological polar surface area (TPSA) is 16.1 Å². The Bertz CT molecular complexity index is 158. The van der Waals surface area contributed by atoms with Crippen molar-refractivity contribution in [2.75, 3.05) is 14.1 Å². The van der Waals surface area contributed by atoms with Gasteiger partial charge in [0.05, 0.1) is 5.51 Å². The predicted octanol–water partition coefficient (Wildman–Crippen LogP) is 1.00. The van der Waals surface area contributed by atoms with E-state index in [0.29, 0.717) is 0 Å². The lowest BCUT2D eigenvalue weighted by Crippen LogP contribution is -2.09. The average molecular weight is 141 g/mol. The molecular formula is C6H9N2S. The van der Waals surface area contributed by atoms with Crippen LogP contribution < -0.4 is 0 Å². The first-order valence-corrected chi connectivity index (χ1v) is 3.62. The molecule has 9 heavy (non-hydrogen) atoms.